The van der Waals surface area contributed by atoms with Crippen LogP contribution < -0.4 is 9.44 Å². The summed E-state index contributed by atoms with van der Waals surface area (Å²) in [5.41, 5.74) is 0. The van der Waals surface area contributed by atoms with Gasteiger partial charge in [-0.15, -0.1) is 0 Å². The minimum atomic E-state index is 0.105. The lowest BCUT2D eigenvalue weighted by molar-refractivity contribution is -0.120. The molecule has 0 saturated heterocycles. The van der Waals surface area contributed by atoms with E-state index in [2.05, 4.69) is 23.3 Å². The third kappa shape index (κ3) is 22.8. The van der Waals surface area contributed by atoms with E-state index in [1.54, 1.807) is 9.83 Å². The van der Waals surface area contributed by atoms with Crippen LogP contribution in [0, 0.1) is 0 Å². The first-order valence-electron chi connectivity index (χ1n) is 10.1. The number of amides is 2. The van der Waals surface area contributed by atoms with Crippen molar-refractivity contribution in [2.24, 2.45) is 0 Å². The predicted octanol–water partition coefficient (Wildman–Crippen LogP) is 7.88. The third-order valence-electron chi connectivity index (χ3n) is 3.95. The van der Waals surface area contributed by atoms with E-state index in [9.17, 15) is 9.59 Å². The van der Waals surface area contributed by atoms with Crippen LogP contribution >= 0.6 is 51.4 Å². The van der Waals surface area contributed by atoms with Crippen LogP contribution in [0.3, 0.4) is 0 Å². The summed E-state index contributed by atoms with van der Waals surface area (Å²) < 4.78 is 5.69. The lowest BCUT2D eigenvalue weighted by atomic mass is 10.1. The second-order valence-electron chi connectivity index (χ2n) is 6.46. The molecular weight excluding hydrogens is 437 g/mol. The molecule has 4 nitrogen and oxygen atoms in total. The monoisotopic (exact) mass is 472 g/mol. The van der Waals surface area contributed by atoms with Gasteiger partial charge in [-0.3, -0.25) is 19.0 Å². The van der Waals surface area contributed by atoms with Gasteiger partial charge in [0.1, 0.15) is 0 Å². The minimum absolute atomic E-state index is 0.105. The molecule has 0 unspecified atom stereocenters. The SMILES string of the molecule is CCCCCCCCC(=O)NSSSSSNC(=O)CCCCCCCC. The van der Waals surface area contributed by atoms with E-state index in [4.69, 9.17) is 0 Å². The Kier molecular flexibility index (Phi) is 23.6. The predicted molar refractivity (Wildman–Crippen MR) is 130 cm³/mol. The Bertz CT molecular complexity index is 331. The smallest absolute Gasteiger partial charge is 0.230 e. The second kappa shape index (κ2) is 23.0. The van der Waals surface area contributed by atoms with Crippen molar-refractivity contribution in [1.29, 1.82) is 0 Å². The van der Waals surface area contributed by atoms with Gasteiger partial charge in [-0.25, -0.2) is 0 Å². The summed E-state index contributed by atoms with van der Waals surface area (Å²) in [4.78, 5) is 23.3. The molecular formula is C18H36N2O2S5. The van der Waals surface area contributed by atoms with Crippen LogP contribution in [-0.4, -0.2) is 11.8 Å². The molecule has 0 aliphatic carbocycles. The molecule has 9 heteroatoms. The molecule has 0 aromatic heterocycles. The molecule has 0 aromatic carbocycles. The van der Waals surface area contributed by atoms with Gasteiger partial charge in [-0.05, 0) is 12.8 Å². The van der Waals surface area contributed by atoms with Crippen molar-refractivity contribution in [2.45, 2.75) is 104 Å². The summed E-state index contributed by atoms with van der Waals surface area (Å²) in [6.07, 6.45) is 15.6. The average Bonchev–Trinajstić information content (AvgIpc) is 2.66. The van der Waals surface area contributed by atoms with E-state index in [1.165, 1.54) is 93.0 Å². The Labute approximate surface area is 185 Å². The van der Waals surface area contributed by atoms with E-state index in [0.717, 1.165) is 25.7 Å². The molecule has 0 bridgehead atoms. The van der Waals surface area contributed by atoms with Gasteiger partial charge in [0.2, 0.25) is 11.8 Å². The molecule has 0 fully saturated rings. The Morgan fingerprint density at radius 2 is 0.926 bits per heavy atom. The molecule has 0 radical (unpaired) electrons. The van der Waals surface area contributed by atoms with Crippen molar-refractivity contribution in [3.8, 4) is 0 Å². The summed E-state index contributed by atoms with van der Waals surface area (Å²) in [6.45, 7) is 4.42. The lowest BCUT2D eigenvalue weighted by Crippen LogP contribution is -2.13. The molecule has 2 N–H and O–H groups in total. The molecule has 0 aliphatic rings. The van der Waals surface area contributed by atoms with Crippen LogP contribution in [0.5, 0.6) is 0 Å². The van der Waals surface area contributed by atoms with Gasteiger partial charge >= 0.3 is 0 Å². The molecule has 0 atom stereocenters. The maximum Gasteiger partial charge on any atom is 0.230 e. The van der Waals surface area contributed by atoms with E-state index >= 15 is 0 Å². The zero-order chi connectivity index (χ0) is 20.0. The van der Waals surface area contributed by atoms with E-state index in [0.29, 0.717) is 12.8 Å². The van der Waals surface area contributed by atoms with Crippen molar-refractivity contribution in [1.82, 2.24) is 9.44 Å². The van der Waals surface area contributed by atoms with Crippen molar-refractivity contribution >= 4 is 63.3 Å². The summed E-state index contributed by atoms with van der Waals surface area (Å²) >= 11 is 0. The Balaban J connectivity index is 3.27. The maximum absolute atomic E-state index is 11.7. The zero-order valence-electron chi connectivity index (χ0n) is 16.8. The van der Waals surface area contributed by atoms with Gasteiger partial charge < -0.3 is 0 Å². The van der Waals surface area contributed by atoms with Crippen LogP contribution in [-0.2, 0) is 9.59 Å². The molecule has 2 amide bonds. The number of hydrogen-bond acceptors (Lipinski definition) is 7. The maximum atomic E-state index is 11.7. The van der Waals surface area contributed by atoms with E-state index in [-0.39, 0.29) is 11.8 Å². The third-order valence-corrected chi connectivity index (χ3v) is 11.3. The molecule has 0 aromatic rings. The Morgan fingerprint density at radius 1 is 0.556 bits per heavy atom. The molecule has 27 heavy (non-hydrogen) atoms. The molecule has 160 valence electrons. The van der Waals surface area contributed by atoms with Crippen molar-refractivity contribution in [2.75, 3.05) is 0 Å². The molecule has 0 aliphatic heterocycles. The highest BCUT2D eigenvalue weighted by Crippen LogP contribution is 2.46. The van der Waals surface area contributed by atoms with Gasteiger partial charge in [0.15, 0.2) is 0 Å². The van der Waals surface area contributed by atoms with Crippen molar-refractivity contribution in [3.63, 3.8) is 0 Å². The van der Waals surface area contributed by atoms with Gasteiger partial charge in [-0.1, -0.05) is 78.1 Å². The molecule has 0 heterocycles. The van der Waals surface area contributed by atoms with Crippen LogP contribution in [0.2, 0.25) is 0 Å². The topological polar surface area (TPSA) is 58.2 Å². The van der Waals surface area contributed by atoms with Crippen LogP contribution in [0.25, 0.3) is 0 Å². The van der Waals surface area contributed by atoms with E-state index in [1.807, 2.05) is 0 Å². The largest absolute Gasteiger partial charge is 0.290 e. The van der Waals surface area contributed by atoms with Crippen molar-refractivity contribution < 1.29 is 9.59 Å². The minimum Gasteiger partial charge on any atom is -0.290 e. The van der Waals surface area contributed by atoms with Crippen LogP contribution in [0.15, 0.2) is 0 Å². The fourth-order valence-corrected chi connectivity index (χ4v) is 9.20. The quantitative estimate of drug-likeness (QED) is 0.106. The first-order valence-corrected chi connectivity index (χ1v) is 16.3. The van der Waals surface area contributed by atoms with Crippen LogP contribution in [0.1, 0.15) is 104 Å². The fraction of sp³-hybridized carbons (Fsp3) is 0.889. The Morgan fingerprint density at radius 3 is 1.33 bits per heavy atom. The van der Waals surface area contributed by atoms with Crippen LogP contribution in [0.4, 0.5) is 0 Å². The summed E-state index contributed by atoms with van der Waals surface area (Å²) in [5, 5.41) is 0. The normalized spacial score (nSPS) is 10.7. The highest BCUT2D eigenvalue weighted by molar-refractivity contribution is 9.35. The zero-order valence-corrected chi connectivity index (χ0v) is 20.8. The number of hydrogen-bond donors (Lipinski definition) is 2. The van der Waals surface area contributed by atoms with E-state index < -0.39 is 0 Å². The fourth-order valence-electron chi connectivity index (χ4n) is 2.40. The number of carbonyl (C=O) groups is 2. The van der Waals surface area contributed by atoms with Gasteiger partial charge in [0.05, 0.1) is 0 Å². The molecule has 0 saturated carbocycles. The first-order chi connectivity index (χ1) is 13.2. The van der Waals surface area contributed by atoms with Gasteiger partial charge in [0.25, 0.3) is 0 Å². The average molecular weight is 473 g/mol. The summed E-state index contributed by atoms with van der Waals surface area (Å²) in [6, 6.07) is 0. The number of carbonyl (C=O) groups excluding carboxylic acids is 2. The standard InChI is InChI=1S/C18H36N2O2S5/c1-3-5-7-9-11-13-15-17(21)19-23-25-27-26-24-20-18(22)16-14-12-10-8-6-4-2/h3-16H2,1-2H3,(H,19,21)(H,20,22). The van der Waals surface area contributed by atoms with Gasteiger partial charge in [-0.2, -0.15) is 0 Å². The highest BCUT2D eigenvalue weighted by Gasteiger charge is 2.04. The number of nitrogens with one attached hydrogen (secondary N) is 2. The molecule has 0 rings (SSSR count). The highest BCUT2D eigenvalue weighted by atomic mass is 33.8. The molecule has 0 spiro atoms. The second-order valence-corrected chi connectivity index (χ2v) is 13.5. The van der Waals surface area contributed by atoms with Gasteiger partial charge in [0, 0.05) is 64.3 Å². The summed E-state index contributed by atoms with van der Waals surface area (Å²) in [5.74, 6) is 0.210. The number of unbranched alkanes of at least 4 members (excludes halogenated alkanes) is 10. The lowest BCUT2D eigenvalue weighted by Gasteiger charge is -2.04. The summed E-state index contributed by atoms with van der Waals surface area (Å²) in [7, 11) is 7.25. The van der Waals surface area contributed by atoms with Crippen molar-refractivity contribution in [3.05, 3.63) is 0 Å². The first kappa shape index (κ1) is 27.7. The Hall–Kier alpha value is 0.690. The number of rotatable bonds is 20.